The molecule has 2 nitrogen and oxygen atoms in total. The average molecular weight is 261 g/mol. The van der Waals surface area contributed by atoms with Gasteiger partial charge in [0.1, 0.15) is 0 Å². The quantitative estimate of drug-likeness (QED) is 0.826. The van der Waals surface area contributed by atoms with Crippen LogP contribution in [0.1, 0.15) is 58.3 Å². The smallest absolute Gasteiger partial charge is 0.223 e. The van der Waals surface area contributed by atoms with Crippen LogP contribution in [-0.2, 0) is 4.79 Å². The third kappa shape index (κ3) is 2.21. The highest BCUT2D eigenvalue weighted by atomic mass is 16.2. The number of nitrogens with one attached hydrogen (secondary N) is 1. The fourth-order valence-electron chi connectivity index (χ4n) is 5.87. The van der Waals surface area contributed by atoms with Gasteiger partial charge in [0.15, 0.2) is 0 Å². The van der Waals surface area contributed by atoms with E-state index in [2.05, 4.69) is 12.2 Å². The lowest BCUT2D eigenvalue weighted by atomic mass is 9.49. The van der Waals surface area contributed by atoms with E-state index in [9.17, 15) is 4.79 Å². The number of carbonyl (C=O) groups is 1. The maximum atomic E-state index is 11.9. The Kier molecular flexibility index (Phi) is 2.72. The molecule has 0 saturated heterocycles. The number of carbonyl (C=O) groups excluding carboxylic acids is 1. The predicted octanol–water partition coefficient (Wildman–Crippen LogP) is 3.37. The fourth-order valence-corrected chi connectivity index (χ4v) is 5.87. The van der Waals surface area contributed by atoms with Crippen molar-refractivity contribution < 1.29 is 4.79 Å². The summed E-state index contributed by atoms with van der Waals surface area (Å²) in [5, 5.41) is 3.21. The van der Waals surface area contributed by atoms with Crippen LogP contribution in [-0.4, -0.2) is 12.5 Å². The molecule has 19 heavy (non-hydrogen) atoms. The average Bonchev–Trinajstić information content (AvgIpc) is 3.04. The highest BCUT2D eigenvalue weighted by molar-refractivity contribution is 5.81. The van der Waals surface area contributed by atoms with E-state index < -0.39 is 0 Å². The molecule has 5 aliphatic carbocycles. The molecule has 0 aromatic heterocycles. The molecule has 5 fully saturated rings. The van der Waals surface area contributed by atoms with Crippen molar-refractivity contribution in [1.82, 2.24) is 5.32 Å². The van der Waals surface area contributed by atoms with Crippen LogP contribution in [0.5, 0.6) is 0 Å². The van der Waals surface area contributed by atoms with Gasteiger partial charge in [0.2, 0.25) is 5.91 Å². The van der Waals surface area contributed by atoms with Gasteiger partial charge in [-0.15, -0.1) is 0 Å². The van der Waals surface area contributed by atoms with Crippen LogP contribution in [0, 0.1) is 35.0 Å². The largest absolute Gasteiger partial charge is 0.356 e. The van der Waals surface area contributed by atoms with Gasteiger partial charge in [-0.25, -0.2) is 0 Å². The summed E-state index contributed by atoms with van der Waals surface area (Å²) in [5.74, 6) is 4.41. The summed E-state index contributed by atoms with van der Waals surface area (Å²) in [6.45, 7) is 3.12. The van der Waals surface area contributed by atoms with Crippen LogP contribution in [0.25, 0.3) is 0 Å². The standard InChI is InChI=1S/C17H27NO/c1-11-4-15(11)16(19)18-3-2-17-8-12-5-13(9-17)7-14(6-12)10-17/h11-15H,2-10H2,1H3,(H,18,19). The minimum Gasteiger partial charge on any atom is -0.356 e. The molecule has 5 aliphatic rings. The molecule has 0 spiro atoms. The summed E-state index contributed by atoms with van der Waals surface area (Å²) in [6, 6.07) is 0. The predicted molar refractivity (Wildman–Crippen MR) is 75.5 cm³/mol. The van der Waals surface area contributed by atoms with Crippen molar-refractivity contribution in [3.05, 3.63) is 0 Å². The van der Waals surface area contributed by atoms with Crippen LogP contribution in [0.4, 0.5) is 0 Å². The van der Waals surface area contributed by atoms with E-state index in [1.165, 1.54) is 44.9 Å². The summed E-state index contributed by atoms with van der Waals surface area (Å²) in [7, 11) is 0. The molecule has 5 rings (SSSR count). The zero-order chi connectivity index (χ0) is 13.0. The van der Waals surface area contributed by atoms with E-state index in [1.807, 2.05) is 0 Å². The zero-order valence-corrected chi connectivity index (χ0v) is 12.2. The number of amides is 1. The molecular formula is C17H27NO. The first-order valence-corrected chi connectivity index (χ1v) is 8.41. The third-order valence-electron chi connectivity index (χ3n) is 6.57. The second-order valence-electron chi connectivity index (χ2n) is 8.28. The Hall–Kier alpha value is -0.530. The summed E-state index contributed by atoms with van der Waals surface area (Å²) >= 11 is 0. The molecule has 4 bridgehead atoms. The van der Waals surface area contributed by atoms with E-state index in [4.69, 9.17) is 0 Å². The van der Waals surface area contributed by atoms with Gasteiger partial charge >= 0.3 is 0 Å². The van der Waals surface area contributed by atoms with E-state index in [-0.39, 0.29) is 0 Å². The van der Waals surface area contributed by atoms with Gasteiger partial charge < -0.3 is 5.32 Å². The molecule has 0 aromatic rings. The van der Waals surface area contributed by atoms with E-state index in [0.29, 0.717) is 23.2 Å². The number of hydrogen-bond acceptors (Lipinski definition) is 1. The highest BCUT2D eigenvalue weighted by Crippen LogP contribution is 2.61. The molecule has 2 atom stereocenters. The van der Waals surface area contributed by atoms with Crippen molar-refractivity contribution in [3.8, 4) is 0 Å². The third-order valence-corrected chi connectivity index (χ3v) is 6.57. The Morgan fingerprint density at radius 1 is 1.05 bits per heavy atom. The van der Waals surface area contributed by atoms with Crippen LogP contribution >= 0.6 is 0 Å². The maximum Gasteiger partial charge on any atom is 0.223 e. The fraction of sp³-hybridized carbons (Fsp3) is 0.941. The molecule has 1 N–H and O–H groups in total. The SMILES string of the molecule is CC1CC1C(=O)NCCC12CC3CC(CC(C3)C1)C2. The van der Waals surface area contributed by atoms with Gasteiger partial charge in [-0.1, -0.05) is 6.92 Å². The van der Waals surface area contributed by atoms with Crippen molar-refractivity contribution in [2.45, 2.75) is 58.3 Å². The van der Waals surface area contributed by atoms with Crippen LogP contribution in [0.3, 0.4) is 0 Å². The molecule has 0 aliphatic heterocycles. The monoisotopic (exact) mass is 261 g/mol. The molecule has 5 saturated carbocycles. The van der Waals surface area contributed by atoms with Gasteiger partial charge in [0.25, 0.3) is 0 Å². The molecule has 1 amide bonds. The van der Waals surface area contributed by atoms with Gasteiger partial charge in [-0.2, -0.15) is 0 Å². The molecular weight excluding hydrogens is 234 g/mol. The van der Waals surface area contributed by atoms with E-state index in [1.54, 1.807) is 0 Å². The topological polar surface area (TPSA) is 29.1 Å². The Morgan fingerprint density at radius 2 is 1.58 bits per heavy atom. The molecule has 2 unspecified atom stereocenters. The number of rotatable bonds is 4. The second kappa shape index (κ2) is 4.23. The molecule has 0 aromatic carbocycles. The van der Waals surface area contributed by atoms with Gasteiger partial charge in [-0.3, -0.25) is 4.79 Å². The van der Waals surface area contributed by atoms with E-state index >= 15 is 0 Å². The summed E-state index contributed by atoms with van der Waals surface area (Å²) in [5.41, 5.74) is 0.622. The highest BCUT2D eigenvalue weighted by Gasteiger charge is 2.50. The van der Waals surface area contributed by atoms with Crippen LogP contribution in [0.15, 0.2) is 0 Å². The summed E-state index contributed by atoms with van der Waals surface area (Å²) < 4.78 is 0. The van der Waals surface area contributed by atoms with Gasteiger partial charge in [0, 0.05) is 12.5 Å². The summed E-state index contributed by atoms with van der Waals surface area (Å²) in [6.07, 6.45) is 11.3. The van der Waals surface area contributed by atoms with Gasteiger partial charge in [-0.05, 0) is 80.5 Å². The van der Waals surface area contributed by atoms with Crippen molar-refractivity contribution in [3.63, 3.8) is 0 Å². The lowest BCUT2D eigenvalue weighted by molar-refractivity contribution is -0.123. The van der Waals surface area contributed by atoms with Crippen LogP contribution < -0.4 is 5.32 Å². The second-order valence-corrected chi connectivity index (χ2v) is 8.28. The summed E-state index contributed by atoms with van der Waals surface area (Å²) in [4.78, 5) is 11.9. The first kappa shape index (κ1) is 12.2. The molecule has 0 heterocycles. The van der Waals surface area contributed by atoms with Gasteiger partial charge in [0.05, 0.1) is 0 Å². The lowest BCUT2D eigenvalue weighted by Gasteiger charge is -2.57. The first-order valence-electron chi connectivity index (χ1n) is 8.41. The van der Waals surface area contributed by atoms with Crippen molar-refractivity contribution in [1.29, 1.82) is 0 Å². The molecule has 0 radical (unpaired) electrons. The first-order chi connectivity index (χ1) is 9.13. The van der Waals surface area contributed by atoms with Crippen molar-refractivity contribution in [2.75, 3.05) is 6.54 Å². The Morgan fingerprint density at radius 3 is 2.05 bits per heavy atom. The Bertz CT molecular complexity index is 353. The van der Waals surface area contributed by atoms with Crippen molar-refractivity contribution >= 4 is 5.91 Å². The Balaban J connectivity index is 1.31. The molecule has 106 valence electrons. The minimum absolute atomic E-state index is 0.331. The lowest BCUT2D eigenvalue weighted by Crippen LogP contribution is -2.47. The van der Waals surface area contributed by atoms with Crippen LogP contribution in [0.2, 0.25) is 0 Å². The normalized spacial score (nSPS) is 50.3. The zero-order valence-electron chi connectivity index (χ0n) is 12.2. The van der Waals surface area contributed by atoms with Crippen molar-refractivity contribution in [2.24, 2.45) is 35.0 Å². The van der Waals surface area contributed by atoms with E-state index in [0.717, 1.165) is 30.7 Å². The maximum absolute atomic E-state index is 11.9. The number of hydrogen-bond donors (Lipinski definition) is 1. The Labute approximate surface area is 116 Å². The molecule has 2 heteroatoms. The minimum atomic E-state index is 0.331.